The van der Waals surface area contributed by atoms with Gasteiger partial charge in [0.25, 0.3) is 5.91 Å². The molecule has 0 radical (unpaired) electrons. The van der Waals surface area contributed by atoms with Gasteiger partial charge in [-0.1, -0.05) is 0 Å². The van der Waals surface area contributed by atoms with E-state index in [1.807, 2.05) is 4.90 Å². The Morgan fingerprint density at radius 2 is 1.83 bits per heavy atom. The highest BCUT2D eigenvalue weighted by atomic mass is 32.1. The van der Waals surface area contributed by atoms with Crippen LogP contribution in [0.5, 0.6) is 11.5 Å². The second kappa shape index (κ2) is 7.68. The van der Waals surface area contributed by atoms with Crippen molar-refractivity contribution in [1.29, 1.82) is 0 Å². The molecule has 2 heterocycles. The summed E-state index contributed by atoms with van der Waals surface area (Å²) in [4.78, 5) is 17.0. The fourth-order valence-corrected chi connectivity index (χ4v) is 3.56. The molecule has 1 aromatic carbocycles. The molecule has 0 unspecified atom stereocenters. The molecule has 0 aliphatic carbocycles. The molecule has 3 rings (SSSR count). The van der Waals surface area contributed by atoms with Gasteiger partial charge in [0, 0.05) is 38.3 Å². The van der Waals surface area contributed by atoms with Crippen LogP contribution >= 0.6 is 11.3 Å². The maximum Gasteiger partial charge on any atom is 0.254 e. The summed E-state index contributed by atoms with van der Waals surface area (Å²) in [6.07, 6.45) is 0. The van der Waals surface area contributed by atoms with Gasteiger partial charge in [-0.15, -0.1) is 0 Å². The number of piperazine rings is 1. The molecule has 0 spiro atoms. The van der Waals surface area contributed by atoms with Crippen LogP contribution in [0.3, 0.4) is 0 Å². The van der Waals surface area contributed by atoms with Crippen molar-refractivity contribution in [2.75, 3.05) is 40.4 Å². The fourth-order valence-electron chi connectivity index (χ4n) is 2.90. The third-order valence-electron chi connectivity index (χ3n) is 4.28. The van der Waals surface area contributed by atoms with E-state index >= 15 is 0 Å². The summed E-state index contributed by atoms with van der Waals surface area (Å²) in [5, 5.41) is 4.29. The minimum absolute atomic E-state index is 0.0473. The zero-order valence-corrected chi connectivity index (χ0v) is 14.8. The Morgan fingerprint density at radius 3 is 2.46 bits per heavy atom. The van der Waals surface area contributed by atoms with Gasteiger partial charge in [0.1, 0.15) is 0 Å². The predicted octanol–water partition coefficient (Wildman–Crippen LogP) is 2.72. The van der Waals surface area contributed by atoms with E-state index in [1.54, 1.807) is 43.8 Å². The lowest BCUT2D eigenvalue weighted by molar-refractivity contribution is 0.0628. The monoisotopic (exact) mass is 346 g/mol. The molecule has 0 N–H and O–H groups in total. The first-order valence-electron chi connectivity index (χ1n) is 7.96. The predicted molar refractivity (Wildman–Crippen MR) is 95.0 cm³/mol. The summed E-state index contributed by atoms with van der Waals surface area (Å²) in [5.41, 5.74) is 1.98. The van der Waals surface area contributed by atoms with Crippen LogP contribution in [0.25, 0.3) is 0 Å². The molecule has 1 saturated heterocycles. The SMILES string of the molecule is COc1ccc(C(=O)N2CCN(Cc3ccsc3)CC2)cc1OC. The maximum absolute atomic E-state index is 12.7. The van der Waals surface area contributed by atoms with E-state index in [0.717, 1.165) is 32.7 Å². The van der Waals surface area contributed by atoms with Crippen LogP contribution in [-0.2, 0) is 6.54 Å². The van der Waals surface area contributed by atoms with E-state index in [0.29, 0.717) is 17.1 Å². The van der Waals surface area contributed by atoms with E-state index < -0.39 is 0 Å². The van der Waals surface area contributed by atoms with Gasteiger partial charge in [0.2, 0.25) is 0 Å². The molecule has 1 aliphatic rings. The third-order valence-corrected chi connectivity index (χ3v) is 5.01. The van der Waals surface area contributed by atoms with Crippen LogP contribution in [-0.4, -0.2) is 56.1 Å². The van der Waals surface area contributed by atoms with E-state index in [-0.39, 0.29) is 5.91 Å². The van der Waals surface area contributed by atoms with Gasteiger partial charge in [-0.3, -0.25) is 9.69 Å². The molecule has 24 heavy (non-hydrogen) atoms. The standard InChI is InChI=1S/C18H22N2O3S/c1-22-16-4-3-15(11-17(16)23-2)18(21)20-8-6-19(7-9-20)12-14-5-10-24-13-14/h3-5,10-11,13H,6-9,12H2,1-2H3. The molecule has 1 amide bonds. The molecule has 0 bridgehead atoms. The number of hydrogen-bond donors (Lipinski definition) is 0. The Labute approximate surface area is 146 Å². The summed E-state index contributed by atoms with van der Waals surface area (Å²) in [7, 11) is 3.17. The molecular weight excluding hydrogens is 324 g/mol. The van der Waals surface area contributed by atoms with E-state index in [9.17, 15) is 4.79 Å². The fraction of sp³-hybridized carbons (Fsp3) is 0.389. The smallest absolute Gasteiger partial charge is 0.254 e. The van der Waals surface area contributed by atoms with Crippen LogP contribution < -0.4 is 9.47 Å². The Hall–Kier alpha value is -2.05. The maximum atomic E-state index is 12.7. The summed E-state index contributed by atoms with van der Waals surface area (Å²) in [5.74, 6) is 1.26. The van der Waals surface area contributed by atoms with Crippen molar-refractivity contribution >= 4 is 17.2 Å². The lowest BCUT2D eigenvalue weighted by Gasteiger charge is -2.34. The molecule has 5 nitrogen and oxygen atoms in total. The molecule has 6 heteroatoms. The van der Waals surface area contributed by atoms with Crippen LogP contribution in [0.2, 0.25) is 0 Å². The molecule has 1 aromatic heterocycles. The number of amides is 1. The Morgan fingerprint density at radius 1 is 1.08 bits per heavy atom. The third kappa shape index (κ3) is 3.71. The Balaban J connectivity index is 1.60. The molecule has 128 valence electrons. The summed E-state index contributed by atoms with van der Waals surface area (Å²) in [6, 6.07) is 7.48. The first-order chi connectivity index (χ1) is 11.7. The molecule has 0 atom stereocenters. The van der Waals surface area contributed by atoms with Crippen molar-refractivity contribution in [1.82, 2.24) is 9.80 Å². The van der Waals surface area contributed by atoms with Crippen LogP contribution in [0.15, 0.2) is 35.0 Å². The van der Waals surface area contributed by atoms with Gasteiger partial charge in [-0.25, -0.2) is 0 Å². The molecule has 2 aromatic rings. The highest BCUT2D eigenvalue weighted by molar-refractivity contribution is 7.07. The largest absolute Gasteiger partial charge is 0.493 e. The lowest BCUT2D eigenvalue weighted by Crippen LogP contribution is -2.48. The van der Waals surface area contributed by atoms with Crippen molar-refractivity contribution in [2.24, 2.45) is 0 Å². The summed E-state index contributed by atoms with van der Waals surface area (Å²) < 4.78 is 10.5. The number of rotatable bonds is 5. The molecular formula is C18H22N2O3S. The van der Waals surface area contributed by atoms with Crippen LogP contribution in [0.4, 0.5) is 0 Å². The average molecular weight is 346 g/mol. The highest BCUT2D eigenvalue weighted by Crippen LogP contribution is 2.28. The average Bonchev–Trinajstić information content (AvgIpc) is 3.14. The Kier molecular flexibility index (Phi) is 5.37. The van der Waals surface area contributed by atoms with Crippen LogP contribution in [0, 0.1) is 0 Å². The van der Waals surface area contributed by atoms with Crippen LogP contribution in [0.1, 0.15) is 15.9 Å². The van der Waals surface area contributed by atoms with Crippen molar-refractivity contribution < 1.29 is 14.3 Å². The molecule has 1 aliphatic heterocycles. The zero-order chi connectivity index (χ0) is 16.9. The van der Waals surface area contributed by atoms with Gasteiger partial charge in [0.05, 0.1) is 14.2 Å². The second-order valence-electron chi connectivity index (χ2n) is 5.77. The summed E-state index contributed by atoms with van der Waals surface area (Å²) >= 11 is 1.72. The topological polar surface area (TPSA) is 42.0 Å². The van der Waals surface area contributed by atoms with Crippen molar-refractivity contribution in [3.63, 3.8) is 0 Å². The minimum atomic E-state index is 0.0473. The number of ether oxygens (including phenoxy) is 2. The van der Waals surface area contributed by atoms with E-state index in [2.05, 4.69) is 21.7 Å². The molecule has 0 saturated carbocycles. The number of nitrogens with zero attached hydrogens (tertiary/aromatic N) is 2. The lowest BCUT2D eigenvalue weighted by atomic mass is 10.1. The minimum Gasteiger partial charge on any atom is -0.493 e. The van der Waals surface area contributed by atoms with Gasteiger partial charge in [-0.2, -0.15) is 11.3 Å². The van der Waals surface area contributed by atoms with Gasteiger partial charge in [0.15, 0.2) is 11.5 Å². The van der Waals surface area contributed by atoms with Crippen molar-refractivity contribution in [2.45, 2.75) is 6.54 Å². The first-order valence-corrected chi connectivity index (χ1v) is 8.90. The Bertz CT molecular complexity index is 680. The quantitative estimate of drug-likeness (QED) is 0.835. The summed E-state index contributed by atoms with van der Waals surface area (Å²) in [6.45, 7) is 4.25. The number of thiophene rings is 1. The van der Waals surface area contributed by atoms with E-state index in [1.165, 1.54) is 5.56 Å². The van der Waals surface area contributed by atoms with Crippen molar-refractivity contribution in [3.05, 3.63) is 46.2 Å². The number of carbonyl (C=O) groups is 1. The van der Waals surface area contributed by atoms with Gasteiger partial charge in [-0.05, 0) is 40.6 Å². The normalized spacial score (nSPS) is 15.3. The van der Waals surface area contributed by atoms with E-state index in [4.69, 9.17) is 9.47 Å². The number of hydrogen-bond acceptors (Lipinski definition) is 5. The number of benzene rings is 1. The first kappa shape index (κ1) is 16.8. The highest BCUT2D eigenvalue weighted by Gasteiger charge is 2.23. The van der Waals surface area contributed by atoms with Gasteiger partial charge < -0.3 is 14.4 Å². The number of carbonyl (C=O) groups excluding carboxylic acids is 1. The van der Waals surface area contributed by atoms with Gasteiger partial charge >= 0.3 is 0 Å². The second-order valence-corrected chi connectivity index (χ2v) is 6.55. The zero-order valence-electron chi connectivity index (χ0n) is 14.0. The van der Waals surface area contributed by atoms with Crippen molar-refractivity contribution in [3.8, 4) is 11.5 Å². The number of methoxy groups -OCH3 is 2. The molecule has 1 fully saturated rings.